The molecule has 130 valence electrons. The normalized spacial score (nSPS) is 18.5. The quantitative estimate of drug-likeness (QED) is 0.427. The van der Waals surface area contributed by atoms with E-state index in [-0.39, 0.29) is 5.54 Å². The predicted octanol–water partition coefficient (Wildman–Crippen LogP) is 1.76. The van der Waals surface area contributed by atoms with Crippen molar-refractivity contribution in [1.29, 1.82) is 0 Å². The van der Waals surface area contributed by atoms with E-state index < -0.39 is 0 Å². The summed E-state index contributed by atoms with van der Waals surface area (Å²) in [4.78, 5) is 9.80. The van der Waals surface area contributed by atoms with E-state index in [1.54, 1.807) is 0 Å². The van der Waals surface area contributed by atoms with E-state index >= 15 is 0 Å². The lowest BCUT2D eigenvalue weighted by Gasteiger charge is -2.33. The van der Waals surface area contributed by atoms with Crippen LogP contribution in [0.2, 0.25) is 0 Å². The van der Waals surface area contributed by atoms with Crippen LogP contribution in [-0.2, 0) is 0 Å². The lowest BCUT2D eigenvalue weighted by atomic mass is 10.1. The molecule has 0 aromatic heterocycles. The first-order valence-electron chi connectivity index (χ1n) is 8.95. The molecule has 0 unspecified atom stereocenters. The van der Waals surface area contributed by atoms with Gasteiger partial charge in [-0.25, -0.2) is 0 Å². The fourth-order valence-electron chi connectivity index (χ4n) is 2.63. The van der Waals surface area contributed by atoms with Crippen molar-refractivity contribution in [2.75, 3.05) is 52.4 Å². The van der Waals surface area contributed by atoms with Gasteiger partial charge in [-0.15, -0.1) is 0 Å². The summed E-state index contributed by atoms with van der Waals surface area (Å²) in [5.74, 6) is 0.937. The van der Waals surface area contributed by atoms with Gasteiger partial charge in [0.2, 0.25) is 0 Å². The van der Waals surface area contributed by atoms with Crippen LogP contribution < -0.4 is 10.6 Å². The molecule has 1 saturated heterocycles. The van der Waals surface area contributed by atoms with Crippen molar-refractivity contribution in [1.82, 2.24) is 20.4 Å². The van der Waals surface area contributed by atoms with E-state index in [1.165, 1.54) is 45.7 Å². The van der Waals surface area contributed by atoms with E-state index in [9.17, 15) is 0 Å². The molecular weight excluding hydrogens is 274 g/mol. The zero-order valence-electron chi connectivity index (χ0n) is 15.4. The summed E-state index contributed by atoms with van der Waals surface area (Å²) >= 11 is 0. The van der Waals surface area contributed by atoms with Gasteiger partial charge in [0.25, 0.3) is 0 Å². The van der Waals surface area contributed by atoms with Gasteiger partial charge >= 0.3 is 0 Å². The number of rotatable bonds is 7. The summed E-state index contributed by atoms with van der Waals surface area (Å²) in [6.45, 7) is 20.0. The molecular formula is C17H37N5. The average molecular weight is 312 g/mol. The van der Waals surface area contributed by atoms with Crippen molar-refractivity contribution < 1.29 is 0 Å². The topological polar surface area (TPSA) is 42.9 Å². The highest BCUT2D eigenvalue weighted by molar-refractivity contribution is 5.80. The number of piperazine rings is 1. The first-order valence-corrected chi connectivity index (χ1v) is 8.95. The fourth-order valence-corrected chi connectivity index (χ4v) is 2.63. The highest BCUT2D eigenvalue weighted by atomic mass is 15.3. The minimum Gasteiger partial charge on any atom is -0.357 e. The van der Waals surface area contributed by atoms with E-state index in [2.05, 4.69) is 60.0 Å². The summed E-state index contributed by atoms with van der Waals surface area (Å²) < 4.78 is 0. The second kappa shape index (κ2) is 10.1. The van der Waals surface area contributed by atoms with Gasteiger partial charge in [-0.1, -0.05) is 6.92 Å². The zero-order chi connectivity index (χ0) is 16.4. The minimum absolute atomic E-state index is 0.0555. The number of unbranched alkanes of at least 4 members (excludes halogenated alkanes) is 1. The Morgan fingerprint density at radius 3 is 2.18 bits per heavy atom. The predicted molar refractivity (Wildman–Crippen MR) is 96.7 cm³/mol. The number of aliphatic imine (C=N–C) groups is 1. The van der Waals surface area contributed by atoms with Crippen molar-refractivity contribution in [2.24, 2.45) is 4.99 Å². The standard InChI is InChI=1S/C17H37N5/c1-6-18-16(20-17(3,4)5)19-10-8-9-11-22-14-12-21(7-2)13-15-22/h6-15H2,1-5H3,(H2,18,19,20). The Labute approximate surface area is 137 Å². The Bertz CT molecular complexity index is 314. The summed E-state index contributed by atoms with van der Waals surface area (Å²) in [7, 11) is 0. The van der Waals surface area contributed by atoms with Crippen LogP contribution in [0.15, 0.2) is 4.99 Å². The third kappa shape index (κ3) is 8.59. The Kier molecular flexibility index (Phi) is 8.79. The van der Waals surface area contributed by atoms with Gasteiger partial charge in [0, 0.05) is 44.8 Å². The molecule has 22 heavy (non-hydrogen) atoms. The van der Waals surface area contributed by atoms with E-state index in [4.69, 9.17) is 0 Å². The van der Waals surface area contributed by atoms with Crippen LogP contribution in [-0.4, -0.2) is 73.7 Å². The first-order chi connectivity index (χ1) is 10.4. The van der Waals surface area contributed by atoms with Gasteiger partial charge in [-0.2, -0.15) is 0 Å². The SMILES string of the molecule is CCNC(=NCCCCN1CCN(CC)CC1)NC(C)(C)C. The maximum atomic E-state index is 4.67. The van der Waals surface area contributed by atoms with Gasteiger partial charge in [-0.3, -0.25) is 4.99 Å². The monoisotopic (exact) mass is 311 g/mol. The molecule has 5 nitrogen and oxygen atoms in total. The Morgan fingerprint density at radius 2 is 1.64 bits per heavy atom. The molecule has 0 bridgehead atoms. The number of hydrogen-bond acceptors (Lipinski definition) is 3. The average Bonchev–Trinajstić information content (AvgIpc) is 2.46. The molecule has 0 aromatic carbocycles. The maximum absolute atomic E-state index is 4.67. The molecule has 2 N–H and O–H groups in total. The van der Waals surface area contributed by atoms with Crippen LogP contribution in [0.25, 0.3) is 0 Å². The Morgan fingerprint density at radius 1 is 1.00 bits per heavy atom. The molecule has 0 spiro atoms. The molecule has 0 saturated carbocycles. The molecule has 5 heteroatoms. The van der Waals surface area contributed by atoms with Crippen LogP contribution in [0.4, 0.5) is 0 Å². The van der Waals surface area contributed by atoms with Crippen molar-refractivity contribution >= 4 is 5.96 Å². The second-order valence-electron chi connectivity index (χ2n) is 7.12. The summed E-state index contributed by atoms with van der Waals surface area (Å²) in [6.07, 6.45) is 2.40. The summed E-state index contributed by atoms with van der Waals surface area (Å²) in [5, 5.41) is 6.75. The van der Waals surface area contributed by atoms with Crippen LogP contribution in [0.3, 0.4) is 0 Å². The molecule has 0 radical (unpaired) electrons. The van der Waals surface area contributed by atoms with E-state index in [1.807, 2.05) is 0 Å². The van der Waals surface area contributed by atoms with Gasteiger partial charge in [0.15, 0.2) is 5.96 Å². The highest BCUT2D eigenvalue weighted by Crippen LogP contribution is 2.03. The van der Waals surface area contributed by atoms with Crippen molar-refractivity contribution in [3.63, 3.8) is 0 Å². The molecule has 0 amide bonds. The number of likely N-dealkylation sites (N-methyl/N-ethyl adjacent to an activating group) is 1. The minimum atomic E-state index is 0.0555. The van der Waals surface area contributed by atoms with Crippen LogP contribution in [0.5, 0.6) is 0 Å². The number of nitrogens with one attached hydrogen (secondary N) is 2. The molecule has 1 heterocycles. The lowest BCUT2D eigenvalue weighted by Crippen LogP contribution is -2.47. The van der Waals surface area contributed by atoms with Gasteiger partial charge < -0.3 is 20.4 Å². The van der Waals surface area contributed by atoms with Crippen LogP contribution >= 0.6 is 0 Å². The number of hydrogen-bond donors (Lipinski definition) is 2. The third-order valence-electron chi connectivity index (χ3n) is 3.90. The van der Waals surface area contributed by atoms with E-state index in [0.717, 1.165) is 25.5 Å². The molecule has 1 aliphatic rings. The maximum Gasteiger partial charge on any atom is 0.191 e. The van der Waals surface area contributed by atoms with Crippen LogP contribution in [0.1, 0.15) is 47.5 Å². The second-order valence-corrected chi connectivity index (χ2v) is 7.12. The van der Waals surface area contributed by atoms with Crippen LogP contribution in [0, 0.1) is 0 Å². The number of nitrogens with zero attached hydrogens (tertiary/aromatic N) is 3. The van der Waals surface area contributed by atoms with Crippen molar-refractivity contribution in [2.45, 2.75) is 53.0 Å². The molecule has 1 rings (SSSR count). The smallest absolute Gasteiger partial charge is 0.191 e. The lowest BCUT2D eigenvalue weighted by molar-refractivity contribution is 0.136. The van der Waals surface area contributed by atoms with Gasteiger partial charge in [-0.05, 0) is 53.6 Å². The summed E-state index contributed by atoms with van der Waals surface area (Å²) in [5.41, 5.74) is 0.0555. The molecule has 1 fully saturated rings. The molecule has 0 atom stereocenters. The largest absolute Gasteiger partial charge is 0.357 e. The Balaban J connectivity index is 2.18. The first kappa shape index (κ1) is 19.2. The highest BCUT2D eigenvalue weighted by Gasteiger charge is 2.14. The van der Waals surface area contributed by atoms with E-state index in [0.29, 0.717) is 0 Å². The van der Waals surface area contributed by atoms with Gasteiger partial charge in [0.05, 0.1) is 0 Å². The molecule has 0 aliphatic carbocycles. The van der Waals surface area contributed by atoms with Gasteiger partial charge in [0.1, 0.15) is 0 Å². The fraction of sp³-hybridized carbons (Fsp3) is 0.941. The molecule has 1 aliphatic heterocycles. The van der Waals surface area contributed by atoms with Crippen molar-refractivity contribution in [3.05, 3.63) is 0 Å². The zero-order valence-corrected chi connectivity index (χ0v) is 15.4. The summed E-state index contributed by atoms with van der Waals surface area (Å²) in [6, 6.07) is 0. The Hall–Kier alpha value is -0.810. The van der Waals surface area contributed by atoms with Crippen molar-refractivity contribution in [3.8, 4) is 0 Å². The number of guanidine groups is 1. The molecule has 0 aromatic rings. The third-order valence-corrected chi connectivity index (χ3v) is 3.90.